The third-order valence-electron chi connectivity index (χ3n) is 3.21. The number of amides is 2. The highest BCUT2D eigenvalue weighted by atomic mass is 16.5. The van der Waals surface area contributed by atoms with Gasteiger partial charge in [0.25, 0.3) is 11.8 Å². The minimum atomic E-state index is -0.302. The Bertz CT molecular complexity index is 745. The topological polar surface area (TPSA) is 106 Å². The van der Waals surface area contributed by atoms with Gasteiger partial charge in [0.2, 0.25) is 0 Å². The molecule has 2 amide bonds. The number of hydrogen-bond donors (Lipinski definition) is 3. The maximum atomic E-state index is 12.1. The van der Waals surface area contributed by atoms with E-state index in [-0.39, 0.29) is 24.2 Å². The highest BCUT2D eigenvalue weighted by Crippen LogP contribution is 2.28. The molecule has 0 radical (unpaired) electrons. The molecule has 1 aromatic heterocycles. The molecule has 2 aromatic rings. The predicted molar refractivity (Wildman–Crippen MR) is 80.4 cm³/mol. The smallest absolute Gasteiger partial charge is 0.262 e. The van der Waals surface area contributed by atoms with Crippen LogP contribution in [0.25, 0.3) is 0 Å². The summed E-state index contributed by atoms with van der Waals surface area (Å²) >= 11 is 0. The predicted octanol–water partition coefficient (Wildman–Crippen LogP) is 0.925. The molecular weight excluding hydrogens is 284 g/mol. The third-order valence-corrected chi connectivity index (χ3v) is 3.21. The van der Waals surface area contributed by atoms with Gasteiger partial charge in [-0.15, -0.1) is 0 Å². The molecule has 0 fully saturated rings. The Kier molecular flexibility index (Phi) is 3.61. The van der Waals surface area contributed by atoms with Gasteiger partial charge in [-0.25, -0.2) is 4.98 Å². The van der Waals surface area contributed by atoms with E-state index >= 15 is 0 Å². The van der Waals surface area contributed by atoms with Crippen molar-refractivity contribution in [1.29, 1.82) is 0 Å². The van der Waals surface area contributed by atoms with Crippen LogP contribution in [0.15, 0.2) is 36.5 Å². The number of nitrogens with two attached hydrogens (primary N) is 1. The maximum Gasteiger partial charge on any atom is 0.262 e. The summed E-state index contributed by atoms with van der Waals surface area (Å²) in [7, 11) is 0. The first-order valence-electron chi connectivity index (χ1n) is 6.68. The highest BCUT2D eigenvalue weighted by molar-refractivity contribution is 5.98. The average molecular weight is 298 g/mol. The number of rotatable bonds is 3. The van der Waals surface area contributed by atoms with Crippen molar-refractivity contribution in [3.8, 4) is 5.75 Å². The normalized spacial score (nSPS) is 12.8. The monoisotopic (exact) mass is 298 g/mol. The first-order chi connectivity index (χ1) is 10.6. The van der Waals surface area contributed by atoms with Crippen molar-refractivity contribution in [2.24, 2.45) is 0 Å². The summed E-state index contributed by atoms with van der Waals surface area (Å²) in [6.07, 6.45) is 1.53. The number of carbonyl (C=O) groups excluding carboxylic acids is 2. The van der Waals surface area contributed by atoms with Crippen LogP contribution in [0.1, 0.15) is 15.9 Å². The third kappa shape index (κ3) is 2.83. The molecule has 112 valence electrons. The Morgan fingerprint density at radius 1 is 1.41 bits per heavy atom. The summed E-state index contributed by atoms with van der Waals surface area (Å²) < 4.78 is 5.28. The Balaban J connectivity index is 1.69. The molecule has 0 saturated heterocycles. The van der Waals surface area contributed by atoms with Crippen molar-refractivity contribution in [2.75, 3.05) is 17.7 Å². The SMILES string of the molecule is Nc1ncccc1C(=O)NCc1ccc2c(c1)NC(=O)CO2. The first-order valence-corrected chi connectivity index (χ1v) is 6.68. The van der Waals surface area contributed by atoms with E-state index in [2.05, 4.69) is 15.6 Å². The molecule has 0 aliphatic carbocycles. The van der Waals surface area contributed by atoms with E-state index in [1.165, 1.54) is 6.20 Å². The van der Waals surface area contributed by atoms with Gasteiger partial charge in [0.05, 0.1) is 11.3 Å². The number of benzene rings is 1. The van der Waals surface area contributed by atoms with Crippen LogP contribution in [-0.4, -0.2) is 23.4 Å². The molecule has 0 atom stereocenters. The fourth-order valence-electron chi connectivity index (χ4n) is 2.13. The lowest BCUT2D eigenvalue weighted by atomic mass is 10.1. The second-order valence-electron chi connectivity index (χ2n) is 4.79. The zero-order valence-electron chi connectivity index (χ0n) is 11.6. The zero-order valence-corrected chi connectivity index (χ0v) is 11.6. The minimum Gasteiger partial charge on any atom is -0.482 e. The summed E-state index contributed by atoms with van der Waals surface area (Å²) in [4.78, 5) is 27.2. The van der Waals surface area contributed by atoms with Crippen LogP contribution in [0.4, 0.5) is 11.5 Å². The second kappa shape index (κ2) is 5.72. The lowest BCUT2D eigenvalue weighted by Crippen LogP contribution is -2.26. The fraction of sp³-hybridized carbons (Fsp3) is 0.133. The molecule has 3 rings (SSSR count). The van der Waals surface area contributed by atoms with Crippen molar-refractivity contribution in [1.82, 2.24) is 10.3 Å². The summed E-state index contributed by atoms with van der Waals surface area (Å²) in [6, 6.07) is 8.60. The van der Waals surface area contributed by atoms with E-state index < -0.39 is 0 Å². The number of aromatic nitrogens is 1. The van der Waals surface area contributed by atoms with E-state index in [0.717, 1.165) is 5.56 Å². The van der Waals surface area contributed by atoms with E-state index in [9.17, 15) is 9.59 Å². The molecule has 22 heavy (non-hydrogen) atoms. The molecule has 7 nitrogen and oxygen atoms in total. The molecule has 4 N–H and O–H groups in total. The van der Waals surface area contributed by atoms with Crippen molar-refractivity contribution >= 4 is 23.3 Å². The highest BCUT2D eigenvalue weighted by Gasteiger charge is 2.16. The number of nitrogen functional groups attached to an aromatic ring is 1. The van der Waals surface area contributed by atoms with Gasteiger partial charge in [-0.1, -0.05) is 6.07 Å². The summed E-state index contributed by atoms with van der Waals surface area (Å²) in [6.45, 7) is 0.319. The second-order valence-corrected chi connectivity index (χ2v) is 4.79. The quantitative estimate of drug-likeness (QED) is 0.781. The summed E-state index contributed by atoms with van der Waals surface area (Å²) in [5.74, 6) is 0.303. The van der Waals surface area contributed by atoms with Crippen LogP contribution in [0, 0.1) is 0 Å². The Hall–Kier alpha value is -3.09. The Morgan fingerprint density at radius 2 is 2.27 bits per heavy atom. The lowest BCUT2D eigenvalue weighted by Gasteiger charge is -2.18. The van der Waals surface area contributed by atoms with Gasteiger partial charge in [-0.05, 0) is 29.8 Å². The number of nitrogens with one attached hydrogen (secondary N) is 2. The standard InChI is InChI=1S/C15H14N4O3/c16-14-10(2-1-5-17-14)15(21)18-7-9-3-4-12-11(6-9)19-13(20)8-22-12/h1-6H,7-8H2,(H2,16,17)(H,18,21)(H,19,20). The molecule has 1 aromatic carbocycles. The van der Waals surface area contributed by atoms with Gasteiger partial charge >= 0.3 is 0 Å². The van der Waals surface area contributed by atoms with Gasteiger partial charge < -0.3 is 21.1 Å². The first kappa shape index (κ1) is 13.9. The molecular formula is C15H14N4O3. The maximum absolute atomic E-state index is 12.1. The van der Waals surface area contributed by atoms with Crippen molar-refractivity contribution < 1.29 is 14.3 Å². The van der Waals surface area contributed by atoms with Gasteiger partial charge in [-0.3, -0.25) is 9.59 Å². The molecule has 0 spiro atoms. The Labute approximate surface area is 126 Å². The average Bonchev–Trinajstić information content (AvgIpc) is 2.52. The molecule has 2 heterocycles. The van der Waals surface area contributed by atoms with Crippen LogP contribution < -0.4 is 21.1 Å². The van der Waals surface area contributed by atoms with Gasteiger partial charge in [0, 0.05) is 12.7 Å². The number of nitrogens with zero attached hydrogens (tertiary/aromatic N) is 1. The molecule has 1 aliphatic rings. The molecule has 0 unspecified atom stereocenters. The number of pyridine rings is 1. The van der Waals surface area contributed by atoms with Gasteiger partial charge in [0.15, 0.2) is 6.61 Å². The van der Waals surface area contributed by atoms with Gasteiger partial charge in [0.1, 0.15) is 11.6 Å². The number of fused-ring (bicyclic) bond motifs is 1. The zero-order chi connectivity index (χ0) is 15.5. The van der Waals surface area contributed by atoms with Crippen molar-refractivity contribution in [2.45, 2.75) is 6.54 Å². The molecule has 0 bridgehead atoms. The van der Waals surface area contributed by atoms with Gasteiger partial charge in [-0.2, -0.15) is 0 Å². The van der Waals surface area contributed by atoms with E-state index in [0.29, 0.717) is 23.5 Å². The number of ether oxygens (including phenoxy) is 1. The number of hydrogen-bond acceptors (Lipinski definition) is 5. The molecule has 1 aliphatic heterocycles. The van der Waals surface area contributed by atoms with Crippen LogP contribution in [-0.2, 0) is 11.3 Å². The van der Waals surface area contributed by atoms with Crippen LogP contribution in [0.3, 0.4) is 0 Å². The lowest BCUT2D eigenvalue weighted by molar-refractivity contribution is -0.118. The largest absolute Gasteiger partial charge is 0.482 e. The molecule has 0 saturated carbocycles. The van der Waals surface area contributed by atoms with Crippen molar-refractivity contribution in [3.05, 3.63) is 47.7 Å². The van der Waals surface area contributed by atoms with Crippen LogP contribution >= 0.6 is 0 Å². The van der Waals surface area contributed by atoms with Crippen LogP contribution in [0.5, 0.6) is 5.75 Å². The molecule has 7 heteroatoms. The minimum absolute atomic E-state index is 0.0172. The fourth-order valence-corrected chi connectivity index (χ4v) is 2.13. The number of anilines is 2. The van der Waals surface area contributed by atoms with E-state index in [1.807, 2.05) is 6.07 Å². The number of carbonyl (C=O) groups is 2. The van der Waals surface area contributed by atoms with E-state index in [4.69, 9.17) is 10.5 Å². The summed E-state index contributed by atoms with van der Waals surface area (Å²) in [5.41, 5.74) is 7.43. The van der Waals surface area contributed by atoms with Crippen LogP contribution in [0.2, 0.25) is 0 Å². The van der Waals surface area contributed by atoms with E-state index in [1.54, 1.807) is 24.3 Å². The van der Waals surface area contributed by atoms with Crippen molar-refractivity contribution in [3.63, 3.8) is 0 Å². The summed E-state index contributed by atoms with van der Waals surface area (Å²) in [5, 5.41) is 5.48. The Morgan fingerprint density at radius 3 is 3.09 bits per heavy atom.